The Hall–Kier alpha value is -0.786. The average molecular weight is 277 g/mol. The molecule has 0 atom stereocenters. The SMILES string of the molecule is CC.N#Cc1ccn2[c-]nnc2c1.[CH3-].[Y]. The molecule has 1 radical (unpaired) electrons. The van der Waals surface area contributed by atoms with Crippen LogP contribution < -0.4 is 0 Å². The third-order valence-corrected chi connectivity index (χ3v) is 1.37. The van der Waals surface area contributed by atoms with Gasteiger partial charge in [-0.3, -0.25) is 0 Å². The van der Waals surface area contributed by atoms with Crippen LogP contribution in [0.1, 0.15) is 19.4 Å². The summed E-state index contributed by atoms with van der Waals surface area (Å²) in [6.07, 6.45) is 4.32. The smallest absolute Gasteiger partial charge is 0.0971 e. The number of hydrogen-bond donors (Lipinski definition) is 0. The molecule has 0 bridgehead atoms. The van der Waals surface area contributed by atoms with Crippen molar-refractivity contribution in [1.29, 1.82) is 5.26 Å². The number of hydrogen-bond acceptors (Lipinski definition) is 3. The first-order chi connectivity index (χ1) is 6.40. The molecule has 0 aliphatic carbocycles. The summed E-state index contributed by atoms with van der Waals surface area (Å²) in [4.78, 5) is 0. The summed E-state index contributed by atoms with van der Waals surface area (Å²) in [6, 6.07) is 5.36. The maximum absolute atomic E-state index is 8.52. The molecule has 77 valence electrons. The van der Waals surface area contributed by atoms with Crippen LogP contribution in [-0.4, -0.2) is 14.6 Å². The van der Waals surface area contributed by atoms with Crippen molar-refractivity contribution < 1.29 is 32.7 Å². The fourth-order valence-corrected chi connectivity index (χ4v) is 0.841. The molecule has 0 N–H and O–H groups in total. The van der Waals surface area contributed by atoms with Gasteiger partial charge < -0.3 is 11.8 Å². The number of nitrogens with zero attached hydrogens (tertiary/aromatic N) is 4. The van der Waals surface area contributed by atoms with E-state index in [9.17, 15) is 0 Å². The van der Waals surface area contributed by atoms with Gasteiger partial charge in [0.15, 0.2) is 0 Å². The van der Waals surface area contributed by atoms with E-state index in [2.05, 4.69) is 16.5 Å². The maximum Gasteiger partial charge on any atom is 0.0971 e. The van der Waals surface area contributed by atoms with E-state index >= 15 is 0 Å². The Bertz CT molecular complexity index is 430. The number of fused-ring (bicyclic) bond motifs is 1. The van der Waals surface area contributed by atoms with Gasteiger partial charge in [-0.1, -0.05) is 32.2 Å². The molecular weight excluding hydrogens is 265 g/mol. The Labute approximate surface area is 115 Å². The molecule has 0 fully saturated rings. The molecule has 0 aromatic carbocycles. The fourth-order valence-electron chi connectivity index (χ4n) is 0.841. The van der Waals surface area contributed by atoms with Gasteiger partial charge in [-0.25, -0.2) is 10.2 Å². The van der Waals surface area contributed by atoms with Crippen LogP contribution in [0.5, 0.6) is 0 Å². The summed E-state index contributed by atoms with van der Waals surface area (Å²) < 4.78 is 1.63. The van der Waals surface area contributed by atoms with Crippen LogP contribution in [0, 0.1) is 25.1 Å². The number of rotatable bonds is 0. The first-order valence-corrected chi connectivity index (χ1v) is 4.03. The van der Waals surface area contributed by atoms with Gasteiger partial charge in [0.05, 0.1) is 6.07 Å². The molecule has 15 heavy (non-hydrogen) atoms. The van der Waals surface area contributed by atoms with Gasteiger partial charge in [0.25, 0.3) is 0 Å². The van der Waals surface area contributed by atoms with Crippen molar-refractivity contribution in [3.8, 4) is 6.07 Å². The number of nitriles is 1. The van der Waals surface area contributed by atoms with Crippen LogP contribution in [0.4, 0.5) is 0 Å². The Morgan fingerprint density at radius 1 is 1.47 bits per heavy atom. The van der Waals surface area contributed by atoms with Crippen molar-refractivity contribution in [1.82, 2.24) is 14.6 Å². The molecule has 2 heterocycles. The van der Waals surface area contributed by atoms with Crippen LogP contribution in [0.15, 0.2) is 18.3 Å². The van der Waals surface area contributed by atoms with Gasteiger partial charge in [-0.05, 0) is 0 Å². The van der Waals surface area contributed by atoms with Gasteiger partial charge >= 0.3 is 0 Å². The number of pyridine rings is 1. The molecule has 2 rings (SSSR count). The second kappa shape index (κ2) is 8.52. The molecule has 0 saturated carbocycles. The monoisotopic (exact) mass is 277 g/mol. The largest absolute Gasteiger partial charge is 0.450 e. The zero-order valence-corrected chi connectivity index (χ0v) is 11.9. The third kappa shape index (κ3) is 4.07. The van der Waals surface area contributed by atoms with Crippen molar-refractivity contribution in [3.05, 3.63) is 37.6 Å². The van der Waals surface area contributed by atoms with Crippen molar-refractivity contribution in [2.45, 2.75) is 13.8 Å². The van der Waals surface area contributed by atoms with E-state index in [-0.39, 0.29) is 40.1 Å². The van der Waals surface area contributed by atoms with E-state index in [4.69, 9.17) is 5.26 Å². The van der Waals surface area contributed by atoms with Crippen molar-refractivity contribution in [2.24, 2.45) is 0 Å². The van der Waals surface area contributed by atoms with Gasteiger partial charge in [0, 0.05) is 50.2 Å². The van der Waals surface area contributed by atoms with E-state index in [1.165, 1.54) is 0 Å². The molecule has 0 aliphatic rings. The Morgan fingerprint density at radius 3 is 2.73 bits per heavy atom. The minimum absolute atomic E-state index is 0. The summed E-state index contributed by atoms with van der Waals surface area (Å²) >= 11 is 0. The molecule has 5 heteroatoms. The van der Waals surface area contributed by atoms with Crippen LogP contribution >= 0.6 is 0 Å². The Kier molecular flexibility index (Phi) is 9.45. The van der Waals surface area contributed by atoms with Crippen LogP contribution in [0.25, 0.3) is 5.65 Å². The van der Waals surface area contributed by atoms with Gasteiger partial charge in [-0.2, -0.15) is 5.26 Å². The summed E-state index contributed by atoms with van der Waals surface area (Å²) in [5.74, 6) is 0. The normalized spacial score (nSPS) is 7.53. The Balaban J connectivity index is 0. The van der Waals surface area contributed by atoms with E-state index in [0.29, 0.717) is 11.2 Å². The molecule has 2 aromatic heterocycles. The molecule has 2 aromatic rings. The van der Waals surface area contributed by atoms with Gasteiger partial charge in [0.2, 0.25) is 0 Å². The van der Waals surface area contributed by atoms with Crippen LogP contribution in [0.3, 0.4) is 0 Å². The first-order valence-electron chi connectivity index (χ1n) is 4.03. The van der Waals surface area contributed by atoms with Crippen molar-refractivity contribution >= 4 is 5.65 Å². The third-order valence-electron chi connectivity index (χ3n) is 1.37. The molecule has 0 saturated heterocycles. The van der Waals surface area contributed by atoms with Crippen molar-refractivity contribution in [3.63, 3.8) is 0 Å². The predicted octanol–water partition coefficient (Wildman–Crippen LogP) is 1.88. The molecule has 0 amide bonds. The average Bonchev–Trinajstić information content (AvgIpc) is 2.67. The second-order valence-corrected chi connectivity index (χ2v) is 2.06. The number of aromatic nitrogens is 3. The topological polar surface area (TPSA) is 54.0 Å². The zero-order valence-electron chi connectivity index (χ0n) is 9.10. The van der Waals surface area contributed by atoms with Crippen molar-refractivity contribution in [2.75, 3.05) is 0 Å². The zero-order chi connectivity index (χ0) is 9.68. The quantitative estimate of drug-likeness (QED) is 0.691. The minimum atomic E-state index is 0. The second-order valence-electron chi connectivity index (χ2n) is 2.06. The first kappa shape index (κ1) is 16.6. The standard InChI is InChI=1S/C7H3N4.C2H6.CH3.Y/c8-4-6-1-2-11-5-9-10-7(11)3-6;1-2;;/h1-3H;1-2H3;1H3;/q-1;;-1;. The van der Waals surface area contributed by atoms with E-state index < -0.39 is 0 Å². The summed E-state index contributed by atoms with van der Waals surface area (Å²) in [5.41, 5.74) is 1.22. The van der Waals surface area contributed by atoms with E-state index in [0.717, 1.165) is 0 Å². The van der Waals surface area contributed by atoms with Gasteiger partial charge in [-0.15, -0.1) is 0 Å². The molecular formula is C10H12N4Y-2. The summed E-state index contributed by atoms with van der Waals surface area (Å²) in [7, 11) is 0. The molecule has 0 unspecified atom stereocenters. The predicted molar refractivity (Wildman–Crippen MR) is 54.3 cm³/mol. The fraction of sp³-hybridized carbons (Fsp3) is 0.200. The summed E-state index contributed by atoms with van der Waals surface area (Å²) in [6.45, 7) is 4.00. The Morgan fingerprint density at radius 2 is 2.13 bits per heavy atom. The molecule has 0 spiro atoms. The van der Waals surface area contributed by atoms with Crippen LogP contribution in [0.2, 0.25) is 0 Å². The maximum atomic E-state index is 8.52. The molecule has 0 aliphatic heterocycles. The van der Waals surface area contributed by atoms with Crippen LogP contribution in [-0.2, 0) is 32.7 Å². The molecule has 4 nitrogen and oxygen atoms in total. The van der Waals surface area contributed by atoms with E-state index in [1.54, 1.807) is 22.7 Å². The summed E-state index contributed by atoms with van der Waals surface area (Å²) in [5, 5.41) is 15.8. The van der Waals surface area contributed by atoms with Gasteiger partial charge in [0.1, 0.15) is 0 Å². The van der Waals surface area contributed by atoms with E-state index in [1.807, 2.05) is 19.9 Å². The minimum Gasteiger partial charge on any atom is -0.450 e.